The second kappa shape index (κ2) is 10.5. The zero-order valence-corrected chi connectivity index (χ0v) is 20.3. The molecule has 184 valence electrons. The molecule has 1 aromatic heterocycles. The van der Waals surface area contributed by atoms with E-state index in [1.165, 1.54) is 12.0 Å². The molecule has 1 saturated heterocycles. The van der Waals surface area contributed by atoms with Gasteiger partial charge in [-0.2, -0.15) is 18.2 Å². The number of thiocarbonyl (C=S) groups is 1. The predicted octanol–water partition coefficient (Wildman–Crippen LogP) is 5.92. The summed E-state index contributed by atoms with van der Waals surface area (Å²) in [5, 5.41) is 6.31. The van der Waals surface area contributed by atoms with Crippen molar-refractivity contribution in [3.05, 3.63) is 47.7 Å². The monoisotopic (exact) mass is 491 g/mol. The molecule has 0 amide bonds. The molecule has 1 aromatic carbocycles. The van der Waals surface area contributed by atoms with Crippen LogP contribution in [0, 0.1) is 5.92 Å². The summed E-state index contributed by atoms with van der Waals surface area (Å²) >= 11 is 5.46. The normalized spacial score (nSPS) is 20.6. The van der Waals surface area contributed by atoms with Gasteiger partial charge >= 0.3 is 6.18 Å². The van der Waals surface area contributed by atoms with Crippen molar-refractivity contribution in [1.29, 1.82) is 0 Å². The molecule has 1 aliphatic carbocycles. The van der Waals surface area contributed by atoms with Crippen LogP contribution in [0.2, 0.25) is 0 Å². The van der Waals surface area contributed by atoms with E-state index >= 15 is 0 Å². The van der Waals surface area contributed by atoms with Crippen molar-refractivity contribution >= 4 is 29.1 Å². The number of nitrogens with zero attached hydrogens (tertiary/aromatic N) is 3. The molecular formula is C25H32F3N5S. The Morgan fingerprint density at radius 1 is 1.12 bits per heavy atom. The van der Waals surface area contributed by atoms with Crippen LogP contribution >= 0.6 is 12.2 Å². The molecule has 0 bridgehead atoms. The van der Waals surface area contributed by atoms with Crippen LogP contribution in [0.1, 0.15) is 63.1 Å². The molecular weight excluding hydrogens is 459 g/mol. The Balaban J connectivity index is 1.50. The molecule has 2 aliphatic rings. The first kappa shape index (κ1) is 24.7. The summed E-state index contributed by atoms with van der Waals surface area (Å²) in [6.07, 6.45) is 3.02. The zero-order chi connectivity index (χ0) is 24.2. The number of hydrogen-bond acceptors (Lipinski definition) is 4. The topological polar surface area (TPSA) is 53.1 Å². The van der Waals surface area contributed by atoms with E-state index < -0.39 is 11.9 Å². The first-order valence-electron chi connectivity index (χ1n) is 12.1. The first-order chi connectivity index (χ1) is 16.2. The summed E-state index contributed by atoms with van der Waals surface area (Å²) in [5.74, 6) is 0.562. The van der Waals surface area contributed by atoms with Gasteiger partial charge in [0.25, 0.3) is 0 Å². The standard InChI is InChI=1S/C25H32F3N5S/c1-18-9-8-14-33(16-18)21-15-20(25(26,27)28)30-22(31-21)32-23(34)29-17-24(12-6-3-7-13-24)19-10-4-2-5-11-19/h2,4-5,10-11,15,18H,3,6-9,12-14,16-17H2,1H3,(H2,29,30,31,32,34). The van der Waals surface area contributed by atoms with Gasteiger partial charge < -0.3 is 15.5 Å². The fourth-order valence-corrected chi connectivity index (χ4v) is 5.34. The smallest absolute Gasteiger partial charge is 0.361 e. The van der Waals surface area contributed by atoms with Gasteiger partial charge in [-0.15, -0.1) is 0 Å². The number of aromatic nitrogens is 2. The highest BCUT2D eigenvalue weighted by Crippen LogP contribution is 2.39. The highest BCUT2D eigenvalue weighted by molar-refractivity contribution is 7.80. The van der Waals surface area contributed by atoms with Crippen molar-refractivity contribution < 1.29 is 13.2 Å². The number of hydrogen-bond donors (Lipinski definition) is 2. The SMILES string of the molecule is CC1CCCN(c2cc(C(F)(F)F)nc(NC(=S)NCC3(c4ccccc4)CCCCC3)n2)C1. The Labute approximate surface area is 204 Å². The second-order valence-electron chi connectivity index (χ2n) is 9.64. The highest BCUT2D eigenvalue weighted by Gasteiger charge is 2.36. The molecule has 2 fully saturated rings. The summed E-state index contributed by atoms with van der Waals surface area (Å²) in [4.78, 5) is 10.0. The number of alkyl halides is 3. The van der Waals surface area contributed by atoms with Crippen molar-refractivity contribution in [1.82, 2.24) is 15.3 Å². The molecule has 2 aromatic rings. The van der Waals surface area contributed by atoms with Gasteiger partial charge in [0.1, 0.15) is 5.82 Å². The van der Waals surface area contributed by atoms with Crippen LogP contribution in [-0.4, -0.2) is 34.7 Å². The maximum Gasteiger partial charge on any atom is 0.433 e. The lowest BCUT2D eigenvalue weighted by atomic mass is 9.69. The Bertz CT molecular complexity index is 976. The average molecular weight is 492 g/mol. The number of halogens is 3. The number of benzene rings is 1. The van der Waals surface area contributed by atoms with Gasteiger partial charge in [0.15, 0.2) is 10.8 Å². The summed E-state index contributed by atoms with van der Waals surface area (Å²) in [5.41, 5.74) is 0.255. The van der Waals surface area contributed by atoms with Gasteiger partial charge in [-0.3, -0.25) is 0 Å². The van der Waals surface area contributed by atoms with E-state index in [0.29, 0.717) is 25.6 Å². The fraction of sp³-hybridized carbons (Fsp3) is 0.560. The summed E-state index contributed by atoms with van der Waals surface area (Å²) < 4.78 is 40.7. The van der Waals surface area contributed by atoms with Crippen LogP contribution in [0.4, 0.5) is 24.9 Å². The number of nitrogens with one attached hydrogen (secondary N) is 2. The van der Waals surface area contributed by atoms with E-state index in [-0.39, 0.29) is 22.3 Å². The third-order valence-electron chi connectivity index (χ3n) is 6.99. The van der Waals surface area contributed by atoms with Crippen molar-refractivity contribution in [3.63, 3.8) is 0 Å². The number of anilines is 2. The minimum absolute atomic E-state index is 0.0466. The minimum Gasteiger partial charge on any atom is -0.361 e. The highest BCUT2D eigenvalue weighted by atomic mass is 32.1. The van der Waals surface area contributed by atoms with E-state index in [9.17, 15) is 13.2 Å². The molecule has 1 atom stereocenters. The molecule has 2 heterocycles. The van der Waals surface area contributed by atoms with E-state index in [1.807, 2.05) is 23.1 Å². The van der Waals surface area contributed by atoms with Crippen LogP contribution in [0.3, 0.4) is 0 Å². The van der Waals surface area contributed by atoms with Gasteiger partial charge in [0.2, 0.25) is 5.95 Å². The molecule has 0 radical (unpaired) electrons. The predicted molar refractivity (Wildman–Crippen MR) is 133 cm³/mol. The van der Waals surface area contributed by atoms with Crippen molar-refractivity contribution in [2.24, 2.45) is 5.92 Å². The number of piperidine rings is 1. The van der Waals surface area contributed by atoms with Crippen molar-refractivity contribution in [2.75, 3.05) is 29.9 Å². The largest absolute Gasteiger partial charge is 0.433 e. The van der Waals surface area contributed by atoms with Crippen LogP contribution in [-0.2, 0) is 11.6 Å². The molecule has 9 heteroatoms. The Kier molecular flexibility index (Phi) is 7.60. The van der Waals surface area contributed by atoms with E-state index in [0.717, 1.165) is 44.6 Å². The van der Waals surface area contributed by atoms with E-state index in [1.54, 1.807) is 0 Å². The van der Waals surface area contributed by atoms with Crippen LogP contribution in [0.25, 0.3) is 0 Å². The molecule has 0 spiro atoms. The third kappa shape index (κ3) is 5.98. The molecule has 2 N–H and O–H groups in total. The van der Waals surface area contributed by atoms with Gasteiger partial charge in [-0.1, -0.05) is 56.5 Å². The maximum absolute atomic E-state index is 13.6. The fourth-order valence-electron chi connectivity index (χ4n) is 5.18. The lowest BCUT2D eigenvalue weighted by Gasteiger charge is -2.38. The zero-order valence-electron chi connectivity index (χ0n) is 19.5. The summed E-state index contributed by atoms with van der Waals surface area (Å²) in [6.45, 7) is 4.07. The molecule has 5 nitrogen and oxygen atoms in total. The lowest BCUT2D eigenvalue weighted by Crippen LogP contribution is -2.43. The Morgan fingerprint density at radius 2 is 1.85 bits per heavy atom. The van der Waals surface area contributed by atoms with Crippen molar-refractivity contribution in [2.45, 2.75) is 63.5 Å². The average Bonchev–Trinajstić information content (AvgIpc) is 2.83. The van der Waals surface area contributed by atoms with E-state index in [4.69, 9.17) is 12.2 Å². The van der Waals surface area contributed by atoms with Gasteiger partial charge in [0, 0.05) is 31.1 Å². The lowest BCUT2D eigenvalue weighted by molar-refractivity contribution is -0.141. The van der Waals surface area contributed by atoms with Crippen LogP contribution < -0.4 is 15.5 Å². The Hall–Kier alpha value is -2.42. The summed E-state index contributed by atoms with van der Waals surface area (Å²) in [7, 11) is 0. The molecule has 1 saturated carbocycles. The van der Waals surface area contributed by atoms with Gasteiger partial charge in [-0.05, 0) is 49.4 Å². The van der Waals surface area contributed by atoms with Crippen molar-refractivity contribution in [3.8, 4) is 0 Å². The maximum atomic E-state index is 13.6. The number of rotatable bonds is 5. The van der Waals surface area contributed by atoms with Gasteiger partial charge in [-0.25, -0.2) is 4.98 Å². The van der Waals surface area contributed by atoms with Crippen LogP contribution in [0.5, 0.6) is 0 Å². The molecule has 1 unspecified atom stereocenters. The first-order valence-corrected chi connectivity index (χ1v) is 12.5. The Morgan fingerprint density at radius 3 is 2.53 bits per heavy atom. The quantitative estimate of drug-likeness (QED) is 0.507. The molecule has 1 aliphatic heterocycles. The minimum atomic E-state index is -4.57. The van der Waals surface area contributed by atoms with Crippen LogP contribution in [0.15, 0.2) is 36.4 Å². The second-order valence-corrected chi connectivity index (χ2v) is 10.0. The van der Waals surface area contributed by atoms with E-state index in [2.05, 4.69) is 39.7 Å². The molecule has 34 heavy (non-hydrogen) atoms. The molecule has 4 rings (SSSR count). The summed E-state index contributed by atoms with van der Waals surface area (Å²) in [6, 6.07) is 11.4. The third-order valence-corrected chi connectivity index (χ3v) is 7.24. The van der Waals surface area contributed by atoms with Gasteiger partial charge in [0.05, 0.1) is 0 Å².